The normalized spacial score (nSPS) is 13.5. The molecule has 0 bridgehead atoms. The Morgan fingerprint density at radius 2 is 1.03 bits per heavy atom. The molecular weight excluding hydrogens is 801 g/mol. The Bertz CT molecular complexity index is 3810. The summed E-state index contributed by atoms with van der Waals surface area (Å²) in [5.74, 6) is 0. The number of fused-ring (bicyclic) bond motifs is 14. The van der Waals surface area contributed by atoms with Gasteiger partial charge in [0.15, 0.2) is 0 Å². The lowest BCUT2D eigenvalue weighted by molar-refractivity contribution is 0.707. The van der Waals surface area contributed by atoms with Crippen LogP contribution in [0.4, 0.5) is 17.1 Å². The van der Waals surface area contributed by atoms with Gasteiger partial charge < -0.3 is 9.47 Å². The fraction of sp³-hybridized carbons (Fsp3) is 0.0169. The highest BCUT2D eigenvalue weighted by molar-refractivity contribution is 7.99. The molecule has 14 rings (SSSR count). The van der Waals surface area contributed by atoms with Crippen molar-refractivity contribution in [1.29, 1.82) is 0 Å². The van der Waals surface area contributed by atoms with Crippen molar-refractivity contribution in [3.05, 3.63) is 241 Å². The molecule has 2 nitrogen and oxygen atoms in total. The number of benzene rings is 10. The van der Waals surface area contributed by atoms with Gasteiger partial charge in [-0.25, -0.2) is 0 Å². The minimum Gasteiger partial charge on any atom is -0.310 e. The van der Waals surface area contributed by atoms with Crippen molar-refractivity contribution < 1.29 is 0 Å². The molecule has 2 aromatic heterocycles. The van der Waals surface area contributed by atoms with E-state index in [0.29, 0.717) is 0 Å². The number of rotatable bonds is 4. The van der Waals surface area contributed by atoms with Crippen LogP contribution in [0.2, 0.25) is 0 Å². The molecule has 0 unspecified atom stereocenters. The molecule has 0 saturated carbocycles. The summed E-state index contributed by atoms with van der Waals surface area (Å²) < 4.78 is 5.08. The van der Waals surface area contributed by atoms with Crippen LogP contribution >= 0.6 is 23.1 Å². The van der Waals surface area contributed by atoms with E-state index in [2.05, 4.69) is 228 Å². The van der Waals surface area contributed by atoms with Gasteiger partial charge in [0.05, 0.1) is 22.1 Å². The van der Waals surface area contributed by atoms with Crippen molar-refractivity contribution in [2.75, 3.05) is 4.90 Å². The predicted molar refractivity (Wildman–Crippen MR) is 267 cm³/mol. The average Bonchev–Trinajstić information content (AvgIpc) is 3.89. The third kappa shape index (κ3) is 4.85. The van der Waals surface area contributed by atoms with E-state index in [-0.39, 0.29) is 0 Å². The van der Waals surface area contributed by atoms with Crippen LogP contribution in [0.5, 0.6) is 0 Å². The van der Waals surface area contributed by atoms with Crippen molar-refractivity contribution >= 4 is 92.9 Å². The second-order valence-electron chi connectivity index (χ2n) is 16.8. The first-order chi connectivity index (χ1) is 31.3. The maximum absolute atomic E-state index is 2.48. The molecule has 1 spiro atoms. The van der Waals surface area contributed by atoms with E-state index >= 15 is 0 Å². The van der Waals surface area contributed by atoms with E-state index in [1.807, 2.05) is 23.1 Å². The minimum absolute atomic E-state index is 0.489. The van der Waals surface area contributed by atoms with Gasteiger partial charge in [-0.2, -0.15) is 0 Å². The Hall–Kier alpha value is -7.37. The second kappa shape index (κ2) is 13.3. The molecule has 0 radical (unpaired) electrons. The third-order valence-electron chi connectivity index (χ3n) is 13.6. The Labute approximate surface area is 372 Å². The zero-order valence-corrected chi connectivity index (χ0v) is 35.6. The zero-order valence-electron chi connectivity index (χ0n) is 34.0. The molecule has 3 heterocycles. The summed E-state index contributed by atoms with van der Waals surface area (Å²) in [4.78, 5) is 5.10. The summed E-state index contributed by atoms with van der Waals surface area (Å²) in [6.45, 7) is 0. The third-order valence-corrected chi connectivity index (χ3v) is 15.9. The highest BCUT2D eigenvalue weighted by atomic mass is 32.2. The Morgan fingerprint density at radius 1 is 0.381 bits per heavy atom. The second-order valence-corrected chi connectivity index (χ2v) is 18.9. The molecular formula is C59H36N2S2. The van der Waals surface area contributed by atoms with Crippen LogP contribution in [0.3, 0.4) is 0 Å². The van der Waals surface area contributed by atoms with Crippen molar-refractivity contribution in [1.82, 2.24) is 4.57 Å². The first-order valence-electron chi connectivity index (χ1n) is 21.6. The Balaban J connectivity index is 1.03. The highest BCUT2D eigenvalue weighted by Crippen LogP contribution is 2.62. The number of hydrogen-bond donors (Lipinski definition) is 0. The summed E-state index contributed by atoms with van der Waals surface area (Å²) in [5.41, 5.74) is 14.4. The molecule has 2 aliphatic rings. The number of aromatic nitrogens is 1. The number of anilines is 3. The van der Waals surface area contributed by atoms with Crippen molar-refractivity contribution in [2.45, 2.75) is 15.2 Å². The van der Waals surface area contributed by atoms with Crippen molar-refractivity contribution in [3.8, 4) is 16.8 Å². The van der Waals surface area contributed by atoms with E-state index < -0.39 is 5.41 Å². The van der Waals surface area contributed by atoms with Crippen LogP contribution in [0.1, 0.15) is 22.3 Å². The molecule has 0 fully saturated rings. The molecule has 294 valence electrons. The fourth-order valence-corrected chi connectivity index (χ4v) is 13.4. The summed E-state index contributed by atoms with van der Waals surface area (Å²) in [6, 6.07) is 81.6. The summed E-state index contributed by atoms with van der Waals surface area (Å²) in [5, 5.41) is 7.61. The van der Waals surface area contributed by atoms with Gasteiger partial charge in [0.2, 0.25) is 0 Å². The van der Waals surface area contributed by atoms with Crippen LogP contribution in [-0.4, -0.2) is 4.57 Å². The number of nitrogens with zero attached hydrogens (tertiary/aromatic N) is 2. The van der Waals surface area contributed by atoms with Gasteiger partial charge in [-0.15, -0.1) is 11.3 Å². The number of hydrogen-bond acceptors (Lipinski definition) is 3. The van der Waals surface area contributed by atoms with E-state index in [0.717, 1.165) is 17.1 Å². The molecule has 0 amide bonds. The lowest BCUT2D eigenvalue weighted by Gasteiger charge is -2.46. The number of thiophene rings is 1. The average molecular weight is 837 g/mol. The molecule has 1 aliphatic carbocycles. The molecule has 0 N–H and O–H groups in total. The lowest BCUT2D eigenvalue weighted by atomic mass is 9.59. The summed E-state index contributed by atoms with van der Waals surface area (Å²) in [6.07, 6.45) is 0. The van der Waals surface area contributed by atoms with Gasteiger partial charge in [0, 0.05) is 63.2 Å². The first-order valence-corrected chi connectivity index (χ1v) is 23.2. The first kappa shape index (κ1) is 35.2. The molecule has 12 aromatic rings. The Morgan fingerprint density at radius 3 is 1.87 bits per heavy atom. The SMILES string of the molecule is c1ccc(N(c2ccc3c(c2)c2ccccc2n3-c2ccc3sc4ccccc4c3c2)c2ccc3c4c(cccc24)C2(c4ccccc4Sc4ccccc42)c2ccccc2-3)cc1. The van der Waals surface area contributed by atoms with Crippen LogP contribution in [0, 0.1) is 0 Å². The summed E-state index contributed by atoms with van der Waals surface area (Å²) in [7, 11) is 0. The standard InChI is InChI=1S/C59H36N2S2/c1-2-15-37(16-3-1)60(38-29-32-53-45(35-38)41-18-5-10-25-51(41)61(53)39-30-34-55-46(36-39)42-19-6-11-26-54(42)62-55)52-33-31-43-40-17-4-7-21-47(40)59(50-24-14-20-44(52)58(43)50)48-22-8-12-27-56(48)63-57-28-13-9-23-49(57)59/h1-36H. The monoisotopic (exact) mass is 836 g/mol. The minimum atomic E-state index is -0.489. The van der Waals surface area contributed by atoms with E-state index in [1.165, 1.54) is 102 Å². The molecule has 63 heavy (non-hydrogen) atoms. The molecule has 0 atom stereocenters. The Kier molecular flexibility index (Phi) is 7.45. The highest BCUT2D eigenvalue weighted by Gasteiger charge is 2.48. The molecule has 10 aromatic carbocycles. The quantitative estimate of drug-likeness (QED) is 0.174. The predicted octanol–water partition coefficient (Wildman–Crippen LogP) is 16.6. The van der Waals surface area contributed by atoms with Gasteiger partial charge in [0.25, 0.3) is 0 Å². The van der Waals surface area contributed by atoms with Gasteiger partial charge in [-0.05, 0) is 118 Å². The van der Waals surface area contributed by atoms with Gasteiger partial charge in [-0.3, -0.25) is 0 Å². The van der Waals surface area contributed by atoms with E-state index in [1.54, 1.807) is 0 Å². The van der Waals surface area contributed by atoms with Crippen LogP contribution < -0.4 is 4.90 Å². The van der Waals surface area contributed by atoms with Crippen molar-refractivity contribution in [2.24, 2.45) is 0 Å². The number of para-hydroxylation sites is 2. The topological polar surface area (TPSA) is 8.17 Å². The van der Waals surface area contributed by atoms with E-state index in [9.17, 15) is 0 Å². The largest absolute Gasteiger partial charge is 0.310 e. The van der Waals surface area contributed by atoms with Gasteiger partial charge in [0.1, 0.15) is 0 Å². The zero-order chi connectivity index (χ0) is 41.2. The molecule has 4 heteroatoms. The van der Waals surface area contributed by atoms with Gasteiger partial charge in [-0.1, -0.05) is 151 Å². The summed E-state index contributed by atoms with van der Waals surface area (Å²) >= 11 is 3.76. The lowest BCUT2D eigenvalue weighted by Crippen LogP contribution is -2.36. The van der Waals surface area contributed by atoms with Crippen LogP contribution in [0.15, 0.2) is 228 Å². The molecule has 0 saturated heterocycles. The maximum Gasteiger partial charge on any atom is 0.0735 e. The van der Waals surface area contributed by atoms with Crippen LogP contribution in [0.25, 0.3) is 69.6 Å². The smallest absolute Gasteiger partial charge is 0.0735 e. The van der Waals surface area contributed by atoms with Crippen molar-refractivity contribution in [3.63, 3.8) is 0 Å². The van der Waals surface area contributed by atoms with Crippen LogP contribution in [-0.2, 0) is 5.41 Å². The fourth-order valence-electron chi connectivity index (χ4n) is 11.1. The maximum atomic E-state index is 2.48. The van der Waals surface area contributed by atoms with Gasteiger partial charge >= 0.3 is 0 Å². The molecule has 1 aliphatic heterocycles. The van der Waals surface area contributed by atoms with E-state index in [4.69, 9.17) is 0 Å².